The third-order valence-electron chi connectivity index (χ3n) is 2.52. The number of benzene rings is 1. The number of oxazole rings is 1. The van der Waals surface area contributed by atoms with E-state index in [0.29, 0.717) is 17.6 Å². The second-order valence-corrected chi connectivity index (χ2v) is 4.68. The predicted octanol–water partition coefficient (Wildman–Crippen LogP) is 1.21. The monoisotopic (exact) mass is 262 g/mol. The Labute approximate surface area is 105 Å². The maximum atomic E-state index is 11.1. The molecular formula is C11H10N4O2S. The van der Waals surface area contributed by atoms with Crippen LogP contribution in [0.25, 0.3) is 22.4 Å². The lowest BCUT2D eigenvalue weighted by Crippen LogP contribution is -2.20. The van der Waals surface area contributed by atoms with Gasteiger partial charge in [-0.2, -0.15) is 0 Å². The Morgan fingerprint density at radius 3 is 3.22 bits per heavy atom. The molecule has 4 N–H and O–H groups in total. The summed E-state index contributed by atoms with van der Waals surface area (Å²) in [5.41, 5.74) is 5.53. The fourth-order valence-corrected chi connectivity index (χ4v) is 2.47. The highest BCUT2D eigenvalue weighted by Crippen LogP contribution is 2.24. The summed E-state index contributed by atoms with van der Waals surface area (Å²) in [5, 5.41) is 2.85. The van der Waals surface area contributed by atoms with Crippen LogP contribution in [-0.4, -0.2) is 9.97 Å². The molecule has 2 aromatic heterocycles. The van der Waals surface area contributed by atoms with Crippen molar-refractivity contribution in [3.05, 3.63) is 39.1 Å². The van der Waals surface area contributed by atoms with Crippen molar-refractivity contribution in [2.24, 2.45) is 5.84 Å². The van der Waals surface area contributed by atoms with Gasteiger partial charge in [-0.3, -0.25) is 16.3 Å². The average molecular weight is 262 g/mol. The largest absolute Gasteiger partial charge is 0.417 e. The number of nitrogens with one attached hydrogen (secondary N) is 2. The first-order chi connectivity index (χ1) is 8.76. The SMILES string of the molecule is NNCc1nc(-c2ccc3[nH]c(=O)oc3c2)cs1. The number of hydrogen-bond acceptors (Lipinski definition) is 6. The van der Waals surface area contributed by atoms with E-state index in [4.69, 9.17) is 10.3 Å². The fourth-order valence-electron chi connectivity index (χ4n) is 1.72. The zero-order valence-corrected chi connectivity index (χ0v) is 10.1. The molecule has 0 amide bonds. The van der Waals surface area contributed by atoms with E-state index in [1.54, 1.807) is 12.1 Å². The number of hydrogen-bond donors (Lipinski definition) is 3. The van der Waals surface area contributed by atoms with Gasteiger partial charge in [-0.1, -0.05) is 6.07 Å². The molecule has 2 heterocycles. The first-order valence-corrected chi connectivity index (χ1v) is 6.15. The van der Waals surface area contributed by atoms with Crippen LogP contribution in [0.1, 0.15) is 5.01 Å². The molecule has 7 heteroatoms. The normalized spacial score (nSPS) is 11.2. The van der Waals surface area contributed by atoms with Crippen molar-refractivity contribution < 1.29 is 4.42 Å². The molecule has 3 aromatic rings. The van der Waals surface area contributed by atoms with E-state index >= 15 is 0 Å². The molecule has 0 bridgehead atoms. The van der Waals surface area contributed by atoms with Gasteiger partial charge in [0, 0.05) is 10.9 Å². The second kappa shape index (κ2) is 4.37. The van der Waals surface area contributed by atoms with Crippen LogP contribution >= 0.6 is 11.3 Å². The molecule has 0 spiro atoms. The summed E-state index contributed by atoms with van der Waals surface area (Å²) in [6, 6.07) is 5.49. The molecule has 0 fully saturated rings. The zero-order valence-electron chi connectivity index (χ0n) is 9.27. The topological polar surface area (TPSA) is 96.9 Å². The number of thiazole rings is 1. The number of rotatable bonds is 3. The van der Waals surface area contributed by atoms with Gasteiger partial charge in [-0.15, -0.1) is 11.3 Å². The van der Waals surface area contributed by atoms with Crippen LogP contribution in [0.15, 0.2) is 32.8 Å². The predicted molar refractivity (Wildman–Crippen MR) is 69.0 cm³/mol. The highest BCUT2D eigenvalue weighted by atomic mass is 32.1. The molecule has 0 saturated heterocycles. The first kappa shape index (κ1) is 11.1. The number of H-pyrrole nitrogens is 1. The Kier molecular flexibility index (Phi) is 2.71. The third kappa shape index (κ3) is 1.94. The summed E-state index contributed by atoms with van der Waals surface area (Å²) in [6.07, 6.45) is 0. The van der Waals surface area contributed by atoms with Gasteiger partial charge in [0.05, 0.1) is 17.8 Å². The minimum absolute atomic E-state index is 0.451. The number of nitrogens with zero attached hydrogens (tertiary/aromatic N) is 1. The maximum Gasteiger partial charge on any atom is 0.417 e. The zero-order chi connectivity index (χ0) is 12.5. The van der Waals surface area contributed by atoms with Crippen LogP contribution in [-0.2, 0) is 6.54 Å². The Bertz CT molecular complexity index is 743. The van der Waals surface area contributed by atoms with E-state index in [0.717, 1.165) is 16.3 Å². The lowest BCUT2D eigenvalue weighted by Gasteiger charge is -1.96. The highest BCUT2D eigenvalue weighted by Gasteiger charge is 2.07. The summed E-state index contributed by atoms with van der Waals surface area (Å²) in [7, 11) is 0. The number of hydrazine groups is 1. The minimum atomic E-state index is -0.451. The maximum absolute atomic E-state index is 11.1. The molecule has 0 radical (unpaired) electrons. The molecule has 0 aliphatic heterocycles. The second-order valence-electron chi connectivity index (χ2n) is 3.73. The van der Waals surface area contributed by atoms with E-state index in [1.165, 1.54) is 11.3 Å². The van der Waals surface area contributed by atoms with Gasteiger partial charge in [-0.05, 0) is 12.1 Å². The van der Waals surface area contributed by atoms with Crippen LogP contribution in [0.4, 0.5) is 0 Å². The molecule has 92 valence electrons. The van der Waals surface area contributed by atoms with E-state index in [2.05, 4.69) is 15.4 Å². The van der Waals surface area contributed by atoms with Crippen molar-refractivity contribution in [1.82, 2.24) is 15.4 Å². The van der Waals surface area contributed by atoms with Crippen LogP contribution in [0.3, 0.4) is 0 Å². The van der Waals surface area contributed by atoms with Gasteiger partial charge >= 0.3 is 5.76 Å². The van der Waals surface area contributed by atoms with Crippen molar-refractivity contribution in [3.63, 3.8) is 0 Å². The van der Waals surface area contributed by atoms with Crippen molar-refractivity contribution >= 4 is 22.4 Å². The van der Waals surface area contributed by atoms with E-state index < -0.39 is 5.76 Å². The third-order valence-corrected chi connectivity index (χ3v) is 3.37. The summed E-state index contributed by atoms with van der Waals surface area (Å²) in [6.45, 7) is 0.534. The molecule has 0 aliphatic carbocycles. The Hall–Kier alpha value is -1.96. The van der Waals surface area contributed by atoms with E-state index in [9.17, 15) is 4.79 Å². The molecular weight excluding hydrogens is 252 g/mol. The molecule has 0 aliphatic rings. The summed E-state index contributed by atoms with van der Waals surface area (Å²) in [4.78, 5) is 18.1. The van der Waals surface area contributed by atoms with Gasteiger partial charge in [0.2, 0.25) is 0 Å². The molecule has 0 saturated carbocycles. The van der Waals surface area contributed by atoms with Gasteiger partial charge in [0.1, 0.15) is 5.01 Å². The summed E-state index contributed by atoms with van der Waals surface area (Å²) < 4.78 is 5.02. The van der Waals surface area contributed by atoms with Crippen LogP contribution in [0.5, 0.6) is 0 Å². The molecule has 1 aromatic carbocycles. The molecule has 0 unspecified atom stereocenters. The van der Waals surface area contributed by atoms with Gasteiger partial charge < -0.3 is 4.42 Å². The fraction of sp³-hybridized carbons (Fsp3) is 0.0909. The van der Waals surface area contributed by atoms with Gasteiger partial charge in [0.25, 0.3) is 0 Å². The molecule has 6 nitrogen and oxygen atoms in total. The summed E-state index contributed by atoms with van der Waals surface area (Å²) >= 11 is 1.53. The standard InChI is InChI=1S/C11H10N4O2S/c12-13-4-10-14-8(5-18-10)6-1-2-7-9(3-6)17-11(16)15-7/h1-3,5,13H,4,12H2,(H,15,16). The number of aromatic nitrogens is 2. The molecule has 0 atom stereocenters. The van der Waals surface area contributed by atoms with E-state index in [-0.39, 0.29) is 0 Å². The molecule has 3 rings (SSSR count). The van der Waals surface area contributed by atoms with E-state index in [1.807, 2.05) is 11.4 Å². The van der Waals surface area contributed by atoms with Crippen LogP contribution < -0.4 is 17.0 Å². The highest BCUT2D eigenvalue weighted by molar-refractivity contribution is 7.09. The Morgan fingerprint density at radius 2 is 2.39 bits per heavy atom. The molecule has 18 heavy (non-hydrogen) atoms. The smallest absolute Gasteiger partial charge is 0.408 e. The lowest BCUT2D eigenvalue weighted by molar-refractivity contribution is 0.555. The number of aromatic amines is 1. The quantitative estimate of drug-likeness (QED) is 0.487. The minimum Gasteiger partial charge on any atom is -0.408 e. The van der Waals surface area contributed by atoms with Crippen molar-refractivity contribution in [2.75, 3.05) is 0 Å². The first-order valence-electron chi connectivity index (χ1n) is 5.27. The number of fused-ring (bicyclic) bond motifs is 1. The Balaban J connectivity index is 2.04. The average Bonchev–Trinajstić information content (AvgIpc) is 2.93. The lowest BCUT2D eigenvalue weighted by atomic mass is 10.1. The van der Waals surface area contributed by atoms with Crippen molar-refractivity contribution in [2.45, 2.75) is 6.54 Å². The summed E-state index contributed by atoms with van der Waals surface area (Å²) in [5.74, 6) is 4.80. The van der Waals surface area contributed by atoms with Crippen LogP contribution in [0, 0.1) is 0 Å². The van der Waals surface area contributed by atoms with Gasteiger partial charge in [0.15, 0.2) is 5.58 Å². The van der Waals surface area contributed by atoms with Crippen molar-refractivity contribution in [3.8, 4) is 11.3 Å². The number of nitrogens with two attached hydrogens (primary N) is 1. The van der Waals surface area contributed by atoms with Crippen molar-refractivity contribution in [1.29, 1.82) is 0 Å². The van der Waals surface area contributed by atoms with Crippen LogP contribution in [0.2, 0.25) is 0 Å². The Morgan fingerprint density at radius 1 is 1.50 bits per heavy atom. The van der Waals surface area contributed by atoms with Gasteiger partial charge in [-0.25, -0.2) is 9.78 Å².